The summed E-state index contributed by atoms with van der Waals surface area (Å²) in [6, 6.07) is 10.2. The van der Waals surface area contributed by atoms with Crippen LogP contribution in [0.3, 0.4) is 0 Å². The van der Waals surface area contributed by atoms with E-state index in [0.717, 1.165) is 11.3 Å². The van der Waals surface area contributed by atoms with E-state index in [1.54, 1.807) is 30.2 Å². The van der Waals surface area contributed by atoms with E-state index in [4.69, 9.17) is 9.47 Å². The van der Waals surface area contributed by atoms with Gasteiger partial charge in [-0.25, -0.2) is 14.8 Å². The maximum Gasteiger partial charge on any atom is 0.414 e. The molecule has 0 radical (unpaired) electrons. The van der Waals surface area contributed by atoms with E-state index in [1.165, 1.54) is 5.56 Å². The minimum atomic E-state index is -0.584. The molecule has 2 aromatic rings. The van der Waals surface area contributed by atoms with Gasteiger partial charge in [0, 0.05) is 18.1 Å². The van der Waals surface area contributed by atoms with E-state index in [9.17, 15) is 4.79 Å². The van der Waals surface area contributed by atoms with E-state index in [1.807, 2.05) is 0 Å². The summed E-state index contributed by atoms with van der Waals surface area (Å²) in [5, 5.41) is 2.49. The molecule has 1 aromatic carbocycles. The van der Waals surface area contributed by atoms with Gasteiger partial charge in [0.2, 0.25) is 5.95 Å². The number of rotatable bonds is 5. The average molecular weight is 373 g/mol. The van der Waals surface area contributed by atoms with Crippen molar-refractivity contribution < 1.29 is 14.3 Å². The zero-order chi connectivity index (χ0) is 18.6. The first kappa shape index (κ1) is 18.7. The van der Waals surface area contributed by atoms with Crippen molar-refractivity contribution in [3.8, 4) is 0 Å². The fourth-order valence-electron chi connectivity index (χ4n) is 2.70. The van der Waals surface area contributed by atoms with Gasteiger partial charge < -0.3 is 9.47 Å². The number of thioether (sulfide) groups is 1. The molecule has 0 aliphatic carbocycles. The highest BCUT2D eigenvalue weighted by molar-refractivity contribution is 8.00. The van der Waals surface area contributed by atoms with Crippen molar-refractivity contribution in [1.82, 2.24) is 9.97 Å². The van der Waals surface area contributed by atoms with Crippen molar-refractivity contribution in [2.75, 3.05) is 17.7 Å². The number of hydrogen-bond acceptors (Lipinski definition) is 6. The summed E-state index contributed by atoms with van der Waals surface area (Å²) in [5.74, 6) is 1.48. The number of anilines is 1. The molecule has 2 heterocycles. The van der Waals surface area contributed by atoms with Crippen molar-refractivity contribution in [1.29, 1.82) is 0 Å². The van der Waals surface area contributed by atoms with Gasteiger partial charge >= 0.3 is 6.09 Å². The van der Waals surface area contributed by atoms with Crippen LogP contribution in [-0.4, -0.2) is 34.5 Å². The Bertz CT molecular complexity index is 739. The maximum absolute atomic E-state index is 11.8. The first-order chi connectivity index (χ1) is 12.5. The first-order valence-corrected chi connectivity index (χ1v) is 9.58. The molecule has 26 heavy (non-hydrogen) atoms. The van der Waals surface area contributed by atoms with Crippen LogP contribution in [0.15, 0.2) is 42.7 Å². The van der Waals surface area contributed by atoms with E-state index >= 15 is 0 Å². The monoisotopic (exact) mass is 373 g/mol. The number of amides is 1. The van der Waals surface area contributed by atoms with Crippen LogP contribution in [0, 0.1) is 0 Å². The lowest BCUT2D eigenvalue weighted by Crippen LogP contribution is -2.27. The number of nitrogens with zero attached hydrogens (tertiary/aromatic N) is 2. The molecule has 0 spiro atoms. The lowest BCUT2D eigenvalue weighted by molar-refractivity contribution is -0.0273. The summed E-state index contributed by atoms with van der Waals surface area (Å²) in [4.78, 5) is 19.2. The standard InChI is InChI=1S/C19H23N3O3S/c1-13(2)14-5-7-15(8-6-14)19(3)25-16(12-26-19)11-24-18(23)22-17-20-9-4-10-21-17/h4-10,13,16H,11-12H2,1-3H3,(H,20,21,22,23). The minimum Gasteiger partial charge on any atom is -0.446 e. The number of hydrogen-bond donors (Lipinski definition) is 1. The van der Waals surface area contributed by atoms with Gasteiger partial charge in [0.05, 0.1) is 0 Å². The van der Waals surface area contributed by atoms with Crippen LogP contribution in [0.4, 0.5) is 10.7 Å². The molecule has 1 aliphatic heterocycles. The Hall–Kier alpha value is -2.12. The number of carbonyl (C=O) groups is 1. The molecule has 0 saturated carbocycles. The Labute approximate surface area is 157 Å². The molecule has 2 atom stereocenters. The highest BCUT2D eigenvalue weighted by atomic mass is 32.2. The zero-order valence-electron chi connectivity index (χ0n) is 15.1. The van der Waals surface area contributed by atoms with Gasteiger partial charge in [-0.15, -0.1) is 11.8 Å². The van der Waals surface area contributed by atoms with Crippen LogP contribution in [0.2, 0.25) is 0 Å². The van der Waals surface area contributed by atoms with E-state index in [0.29, 0.717) is 5.92 Å². The lowest BCUT2D eigenvalue weighted by atomic mass is 10.00. The largest absolute Gasteiger partial charge is 0.446 e. The van der Waals surface area contributed by atoms with Crippen molar-refractivity contribution in [3.63, 3.8) is 0 Å². The van der Waals surface area contributed by atoms with Crippen LogP contribution < -0.4 is 5.32 Å². The summed E-state index contributed by atoms with van der Waals surface area (Å²) in [6.45, 7) is 6.60. The Kier molecular flexibility index (Phi) is 5.78. The zero-order valence-corrected chi connectivity index (χ0v) is 16.0. The van der Waals surface area contributed by atoms with Crippen LogP contribution in [-0.2, 0) is 14.4 Å². The van der Waals surface area contributed by atoms with Crippen LogP contribution in [0.5, 0.6) is 0 Å². The van der Waals surface area contributed by atoms with Gasteiger partial charge in [0.1, 0.15) is 17.6 Å². The summed E-state index contributed by atoms with van der Waals surface area (Å²) in [6.07, 6.45) is 2.36. The number of aromatic nitrogens is 2. The minimum absolute atomic E-state index is 0.155. The second-order valence-corrected chi connectivity index (χ2v) is 7.97. The summed E-state index contributed by atoms with van der Waals surface area (Å²) in [7, 11) is 0. The van der Waals surface area contributed by atoms with Gasteiger partial charge in [-0.1, -0.05) is 38.1 Å². The van der Waals surface area contributed by atoms with Crippen LogP contribution in [0.1, 0.15) is 37.8 Å². The average Bonchev–Trinajstić information content (AvgIpc) is 3.03. The van der Waals surface area contributed by atoms with Crippen molar-refractivity contribution in [2.45, 2.75) is 37.7 Å². The molecular formula is C19H23N3O3S. The highest BCUT2D eigenvalue weighted by Crippen LogP contribution is 2.44. The number of carbonyl (C=O) groups excluding carboxylic acids is 1. The normalized spacial score (nSPS) is 22.4. The van der Waals surface area contributed by atoms with Gasteiger partial charge in [-0.05, 0) is 30.0 Å². The summed E-state index contributed by atoms with van der Waals surface area (Å²) in [5.41, 5.74) is 2.43. The van der Waals surface area contributed by atoms with Gasteiger partial charge in [0.25, 0.3) is 0 Å². The third-order valence-electron chi connectivity index (χ3n) is 4.22. The van der Waals surface area contributed by atoms with Crippen molar-refractivity contribution in [3.05, 3.63) is 53.9 Å². The fraction of sp³-hybridized carbons (Fsp3) is 0.421. The molecule has 1 amide bonds. The second-order valence-electron chi connectivity index (χ2n) is 6.57. The van der Waals surface area contributed by atoms with Gasteiger partial charge in [-0.3, -0.25) is 5.32 Å². The second kappa shape index (κ2) is 8.05. The number of nitrogens with one attached hydrogen (secondary N) is 1. The molecule has 2 unspecified atom stereocenters. The molecule has 6 nitrogen and oxygen atoms in total. The van der Waals surface area contributed by atoms with E-state index < -0.39 is 11.0 Å². The number of benzene rings is 1. The molecular weight excluding hydrogens is 350 g/mol. The molecule has 138 valence electrons. The van der Waals surface area contributed by atoms with Gasteiger partial charge in [-0.2, -0.15) is 0 Å². The molecule has 1 aromatic heterocycles. The number of ether oxygens (including phenoxy) is 2. The topological polar surface area (TPSA) is 73.3 Å². The molecule has 1 fully saturated rings. The molecule has 3 rings (SSSR count). The molecule has 1 saturated heterocycles. The smallest absolute Gasteiger partial charge is 0.414 e. The third kappa shape index (κ3) is 4.53. The Morgan fingerprint density at radius 1 is 1.35 bits per heavy atom. The van der Waals surface area contributed by atoms with Crippen LogP contribution >= 0.6 is 11.8 Å². The maximum atomic E-state index is 11.8. The van der Waals surface area contributed by atoms with Gasteiger partial charge in [0.15, 0.2) is 0 Å². The molecule has 7 heteroatoms. The molecule has 0 bridgehead atoms. The Morgan fingerprint density at radius 3 is 2.69 bits per heavy atom. The van der Waals surface area contributed by atoms with Crippen molar-refractivity contribution in [2.24, 2.45) is 0 Å². The fourth-order valence-corrected chi connectivity index (χ4v) is 3.88. The SMILES string of the molecule is CC(C)c1ccc(C2(C)OC(COC(=O)Nc3ncccn3)CS2)cc1. The quantitative estimate of drug-likeness (QED) is 0.849. The summed E-state index contributed by atoms with van der Waals surface area (Å²) < 4.78 is 11.4. The Balaban J connectivity index is 1.52. The van der Waals surface area contributed by atoms with E-state index in [2.05, 4.69) is 60.3 Å². The first-order valence-electron chi connectivity index (χ1n) is 8.59. The summed E-state index contributed by atoms with van der Waals surface area (Å²) >= 11 is 1.72. The van der Waals surface area contributed by atoms with E-state index in [-0.39, 0.29) is 18.7 Å². The van der Waals surface area contributed by atoms with Crippen molar-refractivity contribution >= 4 is 23.8 Å². The predicted molar refractivity (Wildman–Crippen MR) is 102 cm³/mol. The molecule has 1 N–H and O–H groups in total. The Morgan fingerprint density at radius 2 is 2.04 bits per heavy atom. The van der Waals surface area contributed by atoms with Crippen LogP contribution in [0.25, 0.3) is 0 Å². The third-order valence-corrected chi connectivity index (χ3v) is 5.64. The molecule has 1 aliphatic rings. The predicted octanol–water partition coefficient (Wildman–Crippen LogP) is 4.15. The lowest BCUT2D eigenvalue weighted by Gasteiger charge is -2.24. The highest BCUT2D eigenvalue weighted by Gasteiger charge is 2.39.